The molecular weight excluding hydrogens is 1230 g/mol. The van der Waals surface area contributed by atoms with E-state index in [4.69, 9.17) is 18.9 Å². The van der Waals surface area contributed by atoms with Crippen LogP contribution in [-0.4, -0.2) is 140 Å². The van der Waals surface area contributed by atoms with Crippen molar-refractivity contribution in [1.29, 1.82) is 0 Å². The van der Waals surface area contributed by atoms with Crippen LogP contribution in [0.3, 0.4) is 0 Å². The van der Waals surface area contributed by atoms with Crippen molar-refractivity contribution in [2.75, 3.05) is 19.8 Å². The van der Waals surface area contributed by atoms with E-state index in [9.17, 15) is 45.6 Å². The smallest absolute Gasteiger partial charge is 0.220 e. The van der Waals surface area contributed by atoms with Crippen molar-refractivity contribution in [1.82, 2.24) is 5.32 Å². The number of allylic oxidation sites excluding steroid dienone is 22. The van der Waals surface area contributed by atoms with Crippen LogP contribution in [0.1, 0.15) is 296 Å². The molecule has 2 saturated heterocycles. The van der Waals surface area contributed by atoms with Gasteiger partial charge < -0.3 is 65.1 Å². The highest BCUT2D eigenvalue weighted by molar-refractivity contribution is 5.76. The molecule has 9 N–H and O–H groups in total. The topological polar surface area (TPSA) is 228 Å². The lowest BCUT2D eigenvalue weighted by Crippen LogP contribution is -2.65. The molecule has 2 aliphatic rings. The van der Waals surface area contributed by atoms with Crippen LogP contribution in [0.4, 0.5) is 0 Å². The Morgan fingerprint density at radius 1 is 0.378 bits per heavy atom. The molecule has 0 aromatic heterocycles. The van der Waals surface area contributed by atoms with Crippen molar-refractivity contribution in [3.63, 3.8) is 0 Å². The van der Waals surface area contributed by atoms with Crippen LogP contribution in [0.2, 0.25) is 0 Å². The zero-order valence-electron chi connectivity index (χ0n) is 61.5. The van der Waals surface area contributed by atoms with Gasteiger partial charge in [-0.1, -0.05) is 327 Å². The van der Waals surface area contributed by atoms with Crippen molar-refractivity contribution in [2.45, 2.75) is 370 Å². The van der Waals surface area contributed by atoms with Gasteiger partial charge in [-0.15, -0.1) is 0 Å². The molecule has 0 bridgehead atoms. The van der Waals surface area contributed by atoms with E-state index in [0.717, 1.165) is 128 Å². The van der Waals surface area contributed by atoms with Gasteiger partial charge in [0.25, 0.3) is 0 Å². The van der Waals surface area contributed by atoms with E-state index in [0.29, 0.717) is 12.8 Å². The first-order valence-corrected chi connectivity index (χ1v) is 39.4. The van der Waals surface area contributed by atoms with Crippen molar-refractivity contribution in [3.8, 4) is 0 Å². The lowest BCUT2D eigenvalue weighted by Gasteiger charge is -2.46. The second-order valence-electron chi connectivity index (χ2n) is 27.1. The number of carbonyl (C=O) groups is 1. The van der Waals surface area contributed by atoms with E-state index in [2.05, 4.69) is 153 Å². The summed E-state index contributed by atoms with van der Waals surface area (Å²) in [6.07, 6.45) is 81.8. The first-order chi connectivity index (χ1) is 48.1. The largest absolute Gasteiger partial charge is 0.394 e. The van der Waals surface area contributed by atoms with Gasteiger partial charge >= 0.3 is 0 Å². The number of aliphatic hydroxyl groups is 8. The van der Waals surface area contributed by atoms with Crippen LogP contribution < -0.4 is 5.32 Å². The Hall–Kier alpha value is -3.87. The van der Waals surface area contributed by atoms with Crippen LogP contribution in [0, 0.1) is 0 Å². The van der Waals surface area contributed by atoms with Gasteiger partial charge in [0.15, 0.2) is 12.6 Å². The molecule has 0 saturated carbocycles. The Kier molecular flexibility index (Phi) is 61.1. The van der Waals surface area contributed by atoms with Gasteiger partial charge in [-0.05, 0) is 96.3 Å². The molecule has 14 heteroatoms. The molecule has 2 fully saturated rings. The molecule has 98 heavy (non-hydrogen) atoms. The van der Waals surface area contributed by atoms with Crippen molar-refractivity contribution in [2.24, 2.45) is 0 Å². The fraction of sp³-hybridized carbons (Fsp3) is 0.726. The van der Waals surface area contributed by atoms with Crippen LogP contribution in [0.15, 0.2) is 134 Å². The van der Waals surface area contributed by atoms with Gasteiger partial charge in [-0.3, -0.25) is 4.79 Å². The van der Waals surface area contributed by atoms with Crippen LogP contribution >= 0.6 is 0 Å². The van der Waals surface area contributed by atoms with Gasteiger partial charge in [0.05, 0.1) is 32.0 Å². The molecule has 1 amide bonds. The van der Waals surface area contributed by atoms with Crippen LogP contribution in [0.25, 0.3) is 0 Å². The number of carbonyl (C=O) groups excluding carboxylic acids is 1. The summed E-state index contributed by atoms with van der Waals surface area (Å²) >= 11 is 0. The molecule has 12 unspecified atom stereocenters. The minimum Gasteiger partial charge on any atom is -0.394 e. The number of amides is 1. The summed E-state index contributed by atoms with van der Waals surface area (Å²) < 4.78 is 22.9. The molecule has 562 valence electrons. The van der Waals surface area contributed by atoms with Gasteiger partial charge in [0.2, 0.25) is 5.91 Å². The van der Waals surface area contributed by atoms with Gasteiger partial charge in [-0.25, -0.2) is 0 Å². The Bertz CT molecular complexity index is 2160. The molecular formula is C84H143NO13. The van der Waals surface area contributed by atoms with Gasteiger partial charge in [0.1, 0.15) is 48.8 Å². The summed E-state index contributed by atoms with van der Waals surface area (Å²) in [6.45, 7) is 2.76. The summed E-state index contributed by atoms with van der Waals surface area (Å²) in [5.41, 5.74) is 0. The number of aliphatic hydroxyl groups excluding tert-OH is 8. The summed E-state index contributed by atoms with van der Waals surface area (Å²) in [4.78, 5) is 13.4. The zero-order chi connectivity index (χ0) is 70.8. The van der Waals surface area contributed by atoms with Crippen LogP contribution in [0.5, 0.6) is 0 Å². The minimum absolute atomic E-state index is 0.227. The maximum atomic E-state index is 13.4. The van der Waals surface area contributed by atoms with Crippen molar-refractivity contribution < 1.29 is 64.6 Å². The molecule has 0 aromatic carbocycles. The molecule has 0 spiro atoms. The van der Waals surface area contributed by atoms with E-state index in [1.807, 2.05) is 0 Å². The maximum absolute atomic E-state index is 13.4. The highest BCUT2D eigenvalue weighted by atomic mass is 16.7. The van der Waals surface area contributed by atoms with Gasteiger partial charge in [0, 0.05) is 6.42 Å². The van der Waals surface area contributed by atoms with Crippen LogP contribution in [-0.2, 0) is 23.7 Å². The number of ether oxygens (including phenoxy) is 4. The maximum Gasteiger partial charge on any atom is 0.220 e. The first-order valence-electron chi connectivity index (χ1n) is 39.4. The molecule has 0 aliphatic carbocycles. The lowest BCUT2D eigenvalue weighted by molar-refractivity contribution is -0.359. The molecule has 14 nitrogen and oxygen atoms in total. The van der Waals surface area contributed by atoms with Crippen molar-refractivity contribution >= 4 is 5.91 Å². The SMILES string of the molecule is CC/C=C\C/C=C\C/C=C\C/C=C\C/C=C\C/C=C\C/C=C\C/C=C\C/C=C\C/C=C\C/C=C\CCCCCCCC(=O)NC(COC1OC(CO)C(OC2OC(CO)C(O)C(O)C2O)C(O)C1O)C(O)CCCCCCCCCCCCCCCCCCCCCCCCCCC. The summed E-state index contributed by atoms with van der Waals surface area (Å²) in [5.74, 6) is -0.227. The number of rotatable bonds is 64. The highest BCUT2D eigenvalue weighted by Gasteiger charge is 2.51. The quantitative estimate of drug-likeness (QED) is 0.0204. The first kappa shape index (κ1) is 90.2. The average molecular weight is 1380 g/mol. The van der Waals surface area contributed by atoms with Crippen molar-refractivity contribution in [3.05, 3.63) is 134 Å². The fourth-order valence-electron chi connectivity index (χ4n) is 12.2. The summed E-state index contributed by atoms with van der Waals surface area (Å²) in [7, 11) is 0. The monoisotopic (exact) mass is 1370 g/mol. The second kappa shape index (κ2) is 66.4. The van der Waals surface area contributed by atoms with E-state index in [1.165, 1.54) is 135 Å². The second-order valence-corrected chi connectivity index (χ2v) is 27.1. The van der Waals surface area contributed by atoms with E-state index in [-0.39, 0.29) is 18.9 Å². The number of unbranched alkanes of at least 4 members (excludes halogenated alkanes) is 29. The third-order valence-corrected chi connectivity index (χ3v) is 18.4. The highest BCUT2D eigenvalue weighted by Crippen LogP contribution is 2.30. The number of nitrogens with one attached hydrogen (secondary N) is 1. The molecule has 12 atom stereocenters. The summed E-state index contributed by atoms with van der Waals surface area (Å²) in [5, 5.41) is 87.8. The Balaban J connectivity index is 1.65. The third kappa shape index (κ3) is 48.9. The predicted molar refractivity (Wildman–Crippen MR) is 405 cm³/mol. The lowest BCUT2D eigenvalue weighted by atomic mass is 9.97. The summed E-state index contributed by atoms with van der Waals surface area (Å²) in [6, 6.07) is -0.851. The standard InChI is InChI=1S/C84H143NO13/c1-3-5-7-9-11-13-15-17-19-21-23-25-27-29-30-31-32-33-34-35-36-37-38-39-40-41-42-44-46-48-50-52-54-56-58-60-62-64-66-68-76(89)85-72(71-95-83-81(94)79(92)82(75(70-87)97-83)98-84-80(93)78(91)77(90)74(69-86)96-84)73(88)67-65-63-61-59-57-55-53-51-49-47-45-43-28-26-24-22-20-18-16-14-12-10-8-6-4-2/h5,7,11,13,17,19,23,25,29-30,32-33,35-36,38-39,41-42,46,48,52,54,72-75,77-84,86-88,90-94H,3-4,6,8-10,12,14-16,18,20-22,24,26-28,31,34,37,40,43-45,47,49-51,53,55-71H2,1-2H3,(H,85,89)/b7-5-,13-11-,19-17-,25-23-,30-29-,33-32-,36-35-,39-38-,42-41-,48-46-,54-52-. The van der Waals surface area contributed by atoms with E-state index in [1.54, 1.807) is 0 Å². The molecule has 2 aliphatic heterocycles. The number of hydrogen-bond donors (Lipinski definition) is 9. The minimum atomic E-state index is -1.79. The number of hydrogen-bond acceptors (Lipinski definition) is 13. The van der Waals surface area contributed by atoms with Gasteiger partial charge in [-0.2, -0.15) is 0 Å². The molecule has 0 radical (unpaired) electrons. The predicted octanol–water partition coefficient (Wildman–Crippen LogP) is 17.8. The third-order valence-electron chi connectivity index (χ3n) is 18.4. The Morgan fingerprint density at radius 3 is 1.08 bits per heavy atom. The zero-order valence-corrected chi connectivity index (χ0v) is 61.5. The normalized spacial score (nSPS) is 22.8. The fourth-order valence-corrected chi connectivity index (χ4v) is 12.2. The Morgan fingerprint density at radius 2 is 0.704 bits per heavy atom. The average Bonchev–Trinajstić information content (AvgIpc) is 0.793. The van der Waals surface area contributed by atoms with E-state index < -0.39 is 86.8 Å². The molecule has 0 aromatic rings. The molecule has 2 rings (SSSR count). The Labute approximate surface area is 596 Å². The van der Waals surface area contributed by atoms with E-state index >= 15 is 0 Å². The molecule has 2 heterocycles.